The number of morpholine rings is 1. The van der Waals surface area contributed by atoms with Gasteiger partial charge in [-0.3, -0.25) is 4.79 Å². The van der Waals surface area contributed by atoms with Gasteiger partial charge in [-0.15, -0.1) is 5.10 Å². The van der Waals surface area contributed by atoms with E-state index < -0.39 is 0 Å². The lowest BCUT2D eigenvalue weighted by Gasteiger charge is -2.34. The van der Waals surface area contributed by atoms with Crippen LogP contribution in [0.15, 0.2) is 36.5 Å². The van der Waals surface area contributed by atoms with Crippen LogP contribution in [0.4, 0.5) is 5.95 Å². The van der Waals surface area contributed by atoms with Crippen molar-refractivity contribution >= 4 is 22.9 Å². The third-order valence-electron chi connectivity index (χ3n) is 5.94. The Labute approximate surface area is 174 Å². The van der Waals surface area contributed by atoms with Crippen LogP contribution in [0.25, 0.3) is 16.9 Å². The third kappa shape index (κ3) is 3.85. The number of rotatable bonds is 4. The first-order chi connectivity index (χ1) is 14.8. The molecule has 2 fully saturated rings. The molecule has 2 aliphatic rings. The maximum Gasteiger partial charge on any atom is 0.225 e. The van der Waals surface area contributed by atoms with Crippen molar-refractivity contribution in [3.63, 3.8) is 0 Å². The summed E-state index contributed by atoms with van der Waals surface area (Å²) in [5, 5.41) is 11.9. The minimum absolute atomic E-state index is 0.120. The molecule has 30 heavy (non-hydrogen) atoms. The molecule has 0 unspecified atom stereocenters. The van der Waals surface area contributed by atoms with Gasteiger partial charge >= 0.3 is 0 Å². The first-order valence-electron chi connectivity index (χ1n) is 10.5. The lowest BCUT2D eigenvalue weighted by molar-refractivity contribution is -0.140. The highest BCUT2D eigenvalue weighted by Gasteiger charge is 2.30. The zero-order valence-electron chi connectivity index (χ0n) is 16.8. The van der Waals surface area contributed by atoms with E-state index in [0.29, 0.717) is 38.1 Å². The Morgan fingerprint density at radius 1 is 1.07 bits per heavy atom. The minimum Gasteiger partial charge on any atom is -0.378 e. The van der Waals surface area contributed by atoms with Crippen LogP contribution >= 0.6 is 0 Å². The number of fused-ring (bicyclic) bond motifs is 1. The number of aromatic nitrogens is 5. The fourth-order valence-corrected chi connectivity index (χ4v) is 4.28. The van der Waals surface area contributed by atoms with Gasteiger partial charge in [0.05, 0.1) is 18.7 Å². The van der Waals surface area contributed by atoms with E-state index in [4.69, 9.17) is 4.74 Å². The Bertz CT molecular complexity index is 1020. The van der Waals surface area contributed by atoms with Gasteiger partial charge in [0.1, 0.15) is 5.52 Å². The molecule has 0 atom stereocenters. The standard InChI is InChI=1S/C21H25N7O2/c29-20(27-11-13-30-14-12-27)15-5-7-16(8-6-15)23-21-22-10-9-19(24-21)28-18-4-2-1-3-17(18)25-26-28/h1-4,9-10,15-16H,5-8,11-14H2,(H,22,23,24)/t15-,16-. The maximum atomic E-state index is 12.7. The highest BCUT2D eigenvalue weighted by atomic mass is 16.5. The molecule has 3 aromatic rings. The van der Waals surface area contributed by atoms with E-state index in [1.807, 2.05) is 35.2 Å². The normalized spacial score (nSPS) is 22.2. The van der Waals surface area contributed by atoms with Gasteiger partial charge in [0, 0.05) is 37.3 Å². The van der Waals surface area contributed by atoms with Crippen LogP contribution in [-0.4, -0.2) is 68.1 Å². The van der Waals surface area contributed by atoms with E-state index >= 15 is 0 Å². The van der Waals surface area contributed by atoms with Crippen molar-refractivity contribution in [2.75, 3.05) is 31.6 Å². The van der Waals surface area contributed by atoms with Gasteiger partial charge in [-0.2, -0.15) is 9.67 Å². The molecule has 0 spiro atoms. The number of hydrogen-bond acceptors (Lipinski definition) is 7. The fourth-order valence-electron chi connectivity index (χ4n) is 4.28. The number of amides is 1. The van der Waals surface area contributed by atoms with Crippen LogP contribution in [0.2, 0.25) is 0 Å². The van der Waals surface area contributed by atoms with Crippen molar-refractivity contribution in [3.05, 3.63) is 36.5 Å². The summed E-state index contributed by atoms with van der Waals surface area (Å²) in [6, 6.07) is 9.88. The molecule has 156 valence electrons. The third-order valence-corrected chi connectivity index (χ3v) is 5.94. The molecule has 9 heteroatoms. The summed E-state index contributed by atoms with van der Waals surface area (Å²) in [5.74, 6) is 1.66. The number of carbonyl (C=O) groups is 1. The molecule has 0 radical (unpaired) electrons. The number of nitrogens with one attached hydrogen (secondary N) is 1. The lowest BCUT2D eigenvalue weighted by atomic mass is 9.85. The molecule has 1 amide bonds. The highest BCUT2D eigenvalue weighted by molar-refractivity contribution is 5.79. The van der Waals surface area contributed by atoms with Gasteiger partial charge in [-0.25, -0.2) is 4.98 Å². The number of hydrogen-bond donors (Lipinski definition) is 1. The van der Waals surface area contributed by atoms with Gasteiger partial charge < -0.3 is 15.0 Å². The van der Waals surface area contributed by atoms with E-state index in [2.05, 4.69) is 25.6 Å². The zero-order valence-corrected chi connectivity index (χ0v) is 16.8. The van der Waals surface area contributed by atoms with E-state index in [1.165, 1.54) is 0 Å². The van der Waals surface area contributed by atoms with Crippen LogP contribution in [0.5, 0.6) is 0 Å². The largest absolute Gasteiger partial charge is 0.378 e. The molecular weight excluding hydrogens is 382 g/mol. The monoisotopic (exact) mass is 407 g/mol. The van der Waals surface area contributed by atoms with Crippen LogP contribution in [0, 0.1) is 5.92 Å². The smallest absolute Gasteiger partial charge is 0.225 e. The van der Waals surface area contributed by atoms with Crippen LogP contribution in [0.3, 0.4) is 0 Å². The Hall–Kier alpha value is -3.07. The molecule has 1 saturated heterocycles. The number of anilines is 1. The highest BCUT2D eigenvalue weighted by Crippen LogP contribution is 2.28. The van der Waals surface area contributed by atoms with Crippen molar-refractivity contribution in [2.45, 2.75) is 31.7 Å². The molecular formula is C21H25N7O2. The predicted octanol–water partition coefficient (Wildman–Crippen LogP) is 2.04. The van der Waals surface area contributed by atoms with Crippen LogP contribution in [0.1, 0.15) is 25.7 Å². The topological polar surface area (TPSA) is 98.1 Å². The molecule has 2 aromatic heterocycles. The first kappa shape index (κ1) is 18.9. The first-order valence-corrected chi connectivity index (χ1v) is 10.5. The molecule has 0 bridgehead atoms. The van der Waals surface area contributed by atoms with E-state index in [-0.39, 0.29) is 17.9 Å². The predicted molar refractivity (Wildman–Crippen MR) is 111 cm³/mol. The average Bonchev–Trinajstić information content (AvgIpc) is 3.24. The molecule has 1 aromatic carbocycles. The van der Waals surface area contributed by atoms with Gasteiger partial charge in [0.25, 0.3) is 0 Å². The molecule has 1 N–H and O–H groups in total. The Balaban J connectivity index is 1.22. The number of ether oxygens (including phenoxy) is 1. The summed E-state index contributed by atoms with van der Waals surface area (Å²) in [4.78, 5) is 23.7. The SMILES string of the molecule is O=C([C@H]1CC[C@H](Nc2nccc(-n3nnc4ccccc43)n2)CC1)N1CCOCC1. The molecule has 3 heterocycles. The molecule has 1 aliphatic heterocycles. The molecule has 5 rings (SSSR count). The average molecular weight is 407 g/mol. The Morgan fingerprint density at radius 2 is 1.87 bits per heavy atom. The zero-order chi connectivity index (χ0) is 20.3. The minimum atomic E-state index is 0.120. The van der Waals surface area contributed by atoms with E-state index in [0.717, 1.165) is 36.7 Å². The second-order valence-corrected chi connectivity index (χ2v) is 7.86. The maximum absolute atomic E-state index is 12.7. The summed E-state index contributed by atoms with van der Waals surface area (Å²) in [6.45, 7) is 2.73. The van der Waals surface area contributed by atoms with E-state index in [1.54, 1.807) is 10.9 Å². The van der Waals surface area contributed by atoms with E-state index in [9.17, 15) is 4.79 Å². The van der Waals surface area contributed by atoms with Crippen molar-refractivity contribution in [3.8, 4) is 5.82 Å². The van der Waals surface area contributed by atoms with Gasteiger partial charge in [-0.1, -0.05) is 17.3 Å². The van der Waals surface area contributed by atoms with Crippen molar-refractivity contribution in [2.24, 2.45) is 5.92 Å². The van der Waals surface area contributed by atoms with Crippen LogP contribution < -0.4 is 5.32 Å². The second kappa shape index (κ2) is 8.35. The molecule has 9 nitrogen and oxygen atoms in total. The number of para-hydroxylation sites is 1. The lowest BCUT2D eigenvalue weighted by Crippen LogP contribution is -2.45. The quantitative estimate of drug-likeness (QED) is 0.707. The fraction of sp³-hybridized carbons (Fsp3) is 0.476. The van der Waals surface area contributed by atoms with Gasteiger partial charge in [0.15, 0.2) is 5.82 Å². The Morgan fingerprint density at radius 3 is 2.70 bits per heavy atom. The van der Waals surface area contributed by atoms with Gasteiger partial charge in [0.2, 0.25) is 11.9 Å². The molecule has 1 saturated carbocycles. The Kier molecular flexibility index (Phi) is 5.27. The number of nitrogens with zero attached hydrogens (tertiary/aromatic N) is 6. The molecule has 1 aliphatic carbocycles. The van der Waals surface area contributed by atoms with Crippen molar-refractivity contribution < 1.29 is 9.53 Å². The van der Waals surface area contributed by atoms with Crippen molar-refractivity contribution in [1.82, 2.24) is 29.9 Å². The summed E-state index contributed by atoms with van der Waals surface area (Å²) < 4.78 is 7.08. The van der Waals surface area contributed by atoms with Crippen molar-refractivity contribution in [1.29, 1.82) is 0 Å². The summed E-state index contributed by atoms with van der Waals surface area (Å²) in [7, 11) is 0. The summed E-state index contributed by atoms with van der Waals surface area (Å²) >= 11 is 0. The number of benzene rings is 1. The second-order valence-electron chi connectivity index (χ2n) is 7.86. The number of carbonyl (C=O) groups excluding carboxylic acids is 1. The van der Waals surface area contributed by atoms with Gasteiger partial charge in [-0.05, 0) is 37.8 Å². The summed E-state index contributed by atoms with van der Waals surface area (Å²) in [5.41, 5.74) is 1.73. The summed E-state index contributed by atoms with van der Waals surface area (Å²) in [6.07, 6.45) is 5.37. The van der Waals surface area contributed by atoms with Crippen LogP contribution in [-0.2, 0) is 9.53 Å².